The van der Waals surface area contributed by atoms with Crippen LogP contribution in [0.15, 0.2) is 48.8 Å². The molecular formula is C14H11FN2O. The maximum absolute atomic E-state index is 13.2. The minimum atomic E-state index is -0.277. The summed E-state index contributed by atoms with van der Waals surface area (Å²) in [4.78, 5) is 4.26. The molecule has 0 saturated heterocycles. The largest absolute Gasteiger partial charge is 0.392 e. The van der Waals surface area contributed by atoms with Crippen molar-refractivity contribution in [3.63, 3.8) is 0 Å². The second-order valence-electron chi connectivity index (χ2n) is 4.08. The summed E-state index contributed by atoms with van der Waals surface area (Å²) in [7, 11) is 0. The van der Waals surface area contributed by atoms with E-state index in [0.29, 0.717) is 0 Å². The molecule has 1 N–H and O–H groups in total. The Labute approximate surface area is 103 Å². The lowest BCUT2D eigenvalue weighted by Crippen LogP contribution is -1.92. The van der Waals surface area contributed by atoms with Gasteiger partial charge in [0.1, 0.15) is 12.1 Å². The number of hydrogen-bond acceptors (Lipinski definition) is 2. The Hall–Kier alpha value is -2.20. The van der Waals surface area contributed by atoms with Crippen LogP contribution < -0.4 is 0 Å². The first-order valence-electron chi connectivity index (χ1n) is 5.61. The molecule has 0 fully saturated rings. The van der Waals surface area contributed by atoms with Crippen molar-refractivity contribution < 1.29 is 9.50 Å². The number of aliphatic hydroxyl groups excluding tert-OH is 1. The molecule has 0 bridgehead atoms. The Morgan fingerprint density at radius 2 is 2.06 bits per heavy atom. The van der Waals surface area contributed by atoms with Gasteiger partial charge < -0.3 is 5.11 Å². The molecule has 18 heavy (non-hydrogen) atoms. The number of hydrogen-bond donors (Lipinski definition) is 1. The third-order valence-electron chi connectivity index (χ3n) is 2.88. The van der Waals surface area contributed by atoms with Crippen LogP contribution in [0.1, 0.15) is 5.56 Å². The Bertz CT molecular complexity index is 706. The van der Waals surface area contributed by atoms with E-state index in [1.807, 2.05) is 28.8 Å². The van der Waals surface area contributed by atoms with Gasteiger partial charge in [-0.1, -0.05) is 12.1 Å². The number of rotatable bonds is 2. The number of imidazole rings is 1. The van der Waals surface area contributed by atoms with Gasteiger partial charge in [-0.3, -0.25) is 4.57 Å². The lowest BCUT2D eigenvalue weighted by atomic mass is 10.2. The summed E-state index contributed by atoms with van der Waals surface area (Å²) in [5, 5.41) is 9.07. The monoisotopic (exact) mass is 242 g/mol. The summed E-state index contributed by atoms with van der Waals surface area (Å²) in [5.41, 5.74) is 3.21. The predicted octanol–water partition coefficient (Wildman–Crippen LogP) is 2.66. The highest BCUT2D eigenvalue weighted by molar-refractivity contribution is 5.78. The van der Waals surface area contributed by atoms with Crippen molar-refractivity contribution in [3.8, 4) is 5.69 Å². The van der Waals surface area contributed by atoms with Crippen LogP contribution in [0, 0.1) is 5.82 Å². The van der Waals surface area contributed by atoms with Crippen molar-refractivity contribution in [2.75, 3.05) is 0 Å². The highest BCUT2D eigenvalue weighted by Crippen LogP contribution is 2.19. The molecule has 0 amide bonds. The lowest BCUT2D eigenvalue weighted by molar-refractivity contribution is 0.282. The maximum atomic E-state index is 13.2. The molecule has 0 unspecified atom stereocenters. The number of benzene rings is 2. The minimum Gasteiger partial charge on any atom is -0.392 e. The molecule has 0 aliphatic carbocycles. The van der Waals surface area contributed by atoms with Crippen LogP contribution in [0.4, 0.5) is 4.39 Å². The zero-order chi connectivity index (χ0) is 12.5. The van der Waals surface area contributed by atoms with Crippen molar-refractivity contribution in [3.05, 3.63) is 60.2 Å². The summed E-state index contributed by atoms with van der Waals surface area (Å²) in [6, 6.07) is 11.9. The number of nitrogens with zero attached hydrogens (tertiary/aromatic N) is 2. The van der Waals surface area contributed by atoms with E-state index in [9.17, 15) is 4.39 Å². The Kier molecular flexibility index (Phi) is 2.57. The zero-order valence-electron chi connectivity index (χ0n) is 9.55. The average Bonchev–Trinajstić information content (AvgIpc) is 2.81. The first-order chi connectivity index (χ1) is 8.78. The van der Waals surface area contributed by atoms with E-state index in [4.69, 9.17) is 5.11 Å². The highest BCUT2D eigenvalue weighted by atomic mass is 19.1. The van der Waals surface area contributed by atoms with E-state index < -0.39 is 0 Å². The molecule has 0 aliphatic rings. The summed E-state index contributed by atoms with van der Waals surface area (Å²) in [5.74, 6) is -0.277. The van der Waals surface area contributed by atoms with Gasteiger partial charge in [-0.15, -0.1) is 0 Å². The minimum absolute atomic E-state index is 0.0111. The van der Waals surface area contributed by atoms with Gasteiger partial charge >= 0.3 is 0 Å². The van der Waals surface area contributed by atoms with Crippen LogP contribution >= 0.6 is 0 Å². The molecular weight excluding hydrogens is 231 g/mol. The quantitative estimate of drug-likeness (QED) is 0.750. The maximum Gasteiger partial charge on any atom is 0.125 e. The summed E-state index contributed by atoms with van der Waals surface area (Å²) in [6.07, 6.45) is 1.65. The first-order valence-corrected chi connectivity index (χ1v) is 5.61. The van der Waals surface area contributed by atoms with Crippen LogP contribution in [-0.4, -0.2) is 14.7 Å². The van der Waals surface area contributed by atoms with Crippen LogP contribution in [0.3, 0.4) is 0 Å². The van der Waals surface area contributed by atoms with Crippen molar-refractivity contribution in [2.24, 2.45) is 0 Å². The third-order valence-corrected chi connectivity index (χ3v) is 2.88. The molecule has 90 valence electrons. The fourth-order valence-corrected chi connectivity index (χ4v) is 1.99. The Morgan fingerprint density at radius 1 is 1.17 bits per heavy atom. The van der Waals surface area contributed by atoms with Crippen LogP contribution in [-0.2, 0) is 6.61 Å². The van der Waals surface area contributed by atoms with Crippen LogP contribution in [0.25, 0.3) is 16.7 Å². The molecule has 3 nitrogen and oxygen atoms in total. The van der Waals surface area contributed by atoms with Gasteiger partial charge in [-0.05, 0) is 35.9 Å². The zero-order valence-corrected chi connectivity index (χ0v) is 9.55. The molecule has 2 aromatic carbocycles. The third kappa shape index (κ3) is 1.76. The number of halogens is 1. The molecule has 0 atom stereocenters. The van der Waals surface area contributed by atoms with Crippen LogP contribution in [0.2, 0.25) is 0 Å². The van der Waals surface area contributed by atoms with E-state index in [-0.39, 0.29) is 12.4 Å². The second kappa shape index (κ2) is 4.23. The fraction of sp³-hybridized carbons (Fsp3) is 0.0714. The van der Waals surface area contributed by atoms with Gasteiger partial charge in [-0.2, -0.15) is 0 Å². The standard InChI is InChI=1S/C14H11FN2O/c15-11-2-1-3-12(7-11)17-9-16-13-6-10(8-18)4-5-14(13)17/h1-7,9,18H,8H2. The van der Waals surface area contributed by atoms with Crippen LogP contribution in [0.5, 0.6) is 0 Å². The lowest BCUT2D eigenvalue weighted by Gasteiger charge is -2.04. The molecule has 4 heteroatoms. The van der Waals surface area contributed by atoms with Gasteiger partial charge in [0, 0.05) is 0 Å². The molecule has 0 radical (unpaired) electrons. The molecule has 3 aromatic rings. The fourth-order valence-electron chi connectivity index (χ4n) is 1.99. The van der Waals surface area contributed by atoms with E-state index in [1.54, 1.807) is 12.4 Å². The molecule has 1 aromatic heterocycles. The Morgan fingerprint density at radius 3 is 2.83 bits per heavy atom. The predicted molar refractivity (Wildman–Crippen MR) is 67.0 cm³/mol. The number of aromatic nitrogens is 2. The summed E-state index contributed by atoms with van der Waals surface area (Å²) in [6.45, 7) is -0.0111. The SMILES string of the molecule is OCc1ccc2c(c1)ncn2-c1cccc(F)c1. The van der Waals surface area contributed by atoms with Crippen molar-refractivity contribution in [2.45, 2.75) is 6.61 Å². The van der Waals surface area contributed by atoms with Gasteiger partial charge in [0.2, 0.25) is 0 Å². The van der Waals surface area contributed by atoms with Gasteiger partial charge in [0.25, 0.3) is 0 Å². The van der Waals surface area contributed by atoms with Gasteiger partial charge in [0.05, 0.1) is 23.3 Å². The highest BCUT2D eigenvalue weighted by Gasteiger charge is 2.05. The Balaban J connectivity index is 2.18. The molecule has 0 aliphatic heterocycles. The molecule has 1 heterocycles. The molecule has 0 spiro atoms. The smallest absolute Gasteiger partial charge is 0.125 e. The summed E-state index contributed by atoms with van der Waals surface area (Å²) >= 11 is 0. The average molecular weight is 242 g/mol. The van der Waals surface area contributed by atoms with E-state index in [2.05, 4.69) is 4.98 Å². The van der Waals surface area contributed by atoms with Crippen molar-refractivity contribution >= 4 is 11.0 Å². The topological polar surface area (TPSA) is 38.1 Å². The van der Waals surface area contributed by atoms with Crippen molar-refractivity contribution in [1.82, 2.24) is 9.55 Å². The second-order valence-corrected chi connectivity index (χ2v) is 4.08. The van der Waals surface area contributed by atoms with Gasteiger partial charge in [-0.25, -0.2) is 9.37 Å². The number of fused-ring (bicyclic) bond motifs is 1. The van der Waals surface area contributed by atoms with Crippen molar-refractivity contribution in [1.29, 1.82) is 0 Å². The van der Waals surface area contributed by atoms with E-state index >= 15 is 0 Å². The molecule has 3 rings (SSSR count). The van der Waals surface area contributed by atoms with Gasteiger partial charge in [0.15, 0.2) is 0 Å². The van der Waals surface area contributed by atoms with E-state index in [0.717, 1.165) is 22.3 Å². The normalized spacial score (nSPS) is 11.0. The first kappa shape index (κ1) is 10.9. The number of aliphatic hydroxyl groups is 1. The summed E-state index contributed by atoms with van der Waals surface area (Å²) < 4.78 is 15.0. The van der Waals surface area contributed by atoms with E-state index in [1.165, 1.54) is 12.1 Å². The molecule has 0 saturated carbocycles.